The van der Waals surface area contributed by atoms with Gasteiger partial charge in [0.1, 0.15) is 0 Å². The molecule has 3 N–H and O–H groups in total. The van der Waals surface area contributed by atoms with E-state index in [2.05, 4.69) is 21.6 Å². The van der Waals surface area contributed by atoms with Gasteiger partial charge in [0, 0.05) is 24.3 Å². The number of carbonyl (C=O) groups is 1. The van der Waals surface area contributed by atoms with Gasteiger partial charge in [-0.25, -0.2) is 13.2 Å². The van der Waals surface area contributed by atoms with Gasteiger partial charge < -0.3 is 14.9 Å². The van der Waals surface area contributed by atoms with Crippen LogP contribution >= 0.6 is 0 Å². The molecule has 0 aliphatic carbocycles. The number of hydrogen-bond acceptors (Lipinski definition) is 4. The lowest BCUT2D eigenvalue weighted by atomic mass is 9.99. The van der Waals surface area contributed by atoms with Crippen molar-refractivity contribution in [1.82, 2.24) is 14.9 Å². The van der Waals surface area contributed by atoms with E-state index in [0.29, 0.717) is 28.2 Å². The molecule has 0 spiro atoms. The van der Waals surface area contributed by atoms with Crippen LogP contribution in [0, 0.1) is 5.92 Å². The van der Waals surface area contributed by atoms with Crippen molar-refractivity contribution in [3.8, 4) is 0 Å². The number of fused-ring (bicyclic) bond motifs is 1. The molecule has 1 aliphatic heterocycles. The molecular weight excluding hydrogens is 392 g/mol. The summed E-state index contributed by atoms with van der Waals surface area (Å²) in [6, 6.07) is 10.8. The quantitative estimate of drug-likeness (QED) is 0.608. The second-order valence-electron chi connectivity index (χ2n) is 7.47. The second-order valence-corrected chi connectivity index (χ2v) is 9.15. The van der Waals surface area contributed by atoms with Crippen molar-refractivity contribution in [2.45, 2.75) is 24.7 Å². The van der Waals surface area contributed by atoms with E-state index in [4.69, 9.17) is 0 Å². The molecule has 0 bridgehead atoms. The maximum absolute atomic E-state index is 12.7. The Labute approximate surface area is 168 Å². The summed E-state index contributed by atoms with van der Waals surface area (Å²) in [5.74, 6) is 0.457. The van der Waals surface area contributed by atoms with Crippen molar-refractivity contribution in [2.24, 2.45) is 5.92 Å². The molecule has 1 atom stereocenters. The predicted molar refractivity (Wildman–Crippen MR) is 110 cm³/mol. The smallest absolute Gasteiger partial charge is 0.323 e. The number of hydrogen-bond donors (Lipinski definition) is 3. The Morgan fingerprint density at radius 1 is 1.10 bits per heavy atom. The van der Waals surface area contributed by atoms with Crippen molar-refractivity contribution in [3.63, 3.8) is 0 Å². The Morgan fingerprint density at radius 2 is 1.83 bits per heavy atom. The summed E-state index contributed by atoms with van der Waals surface area (Å²) in [6.07, 6.45) is 2.13. The van der Waals surface area contributed by atoms with Crippen molar-refractivity contribution < 1.29 is 13.2 Å². The highest BCUT2D eigenvalue weighted by Gasteiger charge is 2.22. The highest BCUT2D eigenvalue weighted by atomic mass is 32.2. The van der Waals surface area contributed by atoms with Crippen LogP contribution < -0.4 is 10.4 Å². The molecule has 2 aromatic carbocycles. The average molecular weight is 414 g/mol. The molecule has 29 heavy (non-hydrogen) atoms. The molecular formula is C20H22N4O4S. The zero-order chi connectivity index (χ0) is 20.6. The van der Waals surface area contributed by atoms with Crippen LogP contribution in [-0.2, 0) is 10.0 Å². The van der Waals surface area contributed by atoms with E-state index in [9.17, 15) is 18.0 Å². The summed E-state index contributed by atoms with van der Waals surface area (Å²) in [6.45, 7) is 3.63. The largest absolute Gasteiger partial charge is 0.338 e. The fourth-order valence-corrected chi connectivity index (χ4v) is 4.71. The number of nitrogens with one attached hydrogen (secondary N) is 3. The molecule has 8 nitrogen and oxygen atoms in total. The van der Waals surface area contributed by atoms with Crippen LogP contribution in [0.25, 0.3) is 11.0 Å². The highest BCUT2D eigenvalue weighted by Crippen LogP contribution is 2.21. The van der Waals surface area contributed by atoms with E-state index in [1.54, 1.807) is 24.3 Å². The van der Waals surface area contributed by atoms with E-state index in [1.165, 1.54) is 18.2 Å². The minimum absolute atomic E-state index is 0.0303. The van der Waals surface area contributed by atoms with Gasteiger partial charge in [0.15, 0.2) is 0 Å². The Morgan fingerprint density at radius 3 is 2.55 bits per heavy atom. The first-order valence-corrected chi connectivity index (χ1v) is 10.9. The van der Waals surface area contributed by atoms with Gasteiger partial charge in [-0.1, -0.05) is 6.92 Å². The monoisotopic (exact) mass is 414 g/mol. The average Bonchev–Trinajstić information content (AvgIpc) is 3.07. The number of nitrogens with zero attached hydrogens (tertiary/aromatic N) is 1. The maximum atomic E-state index is 12.7. The fraction of sp³-hybridized carbons (Fsp3) is 0.300. The van der Waals surface area contributed by atoms with Gasteiger partial charge in [-0.15, -0.1) is 0 Å². The Hall–Kier alpha value is -3.07. The fourth-order valence-electron chi connectivity index (χ4n) is 3.63. The third-order valence-corrected chi connectivity index (χ3v) is 6.50. The number of carbonyl (C=O) groups excluding carboxylic acids is 1. The van der Waals surface area contributed by atoms with Crippen LogP contribution in [-0.4, -0.2) is 42.3 Å². The number of aromatic amines is 2. The van der Waals surface area contributed by atoms with Crippen LogP contribution in [0.15, 0.2) is 52.2 Å². The number of amides is 1. The number of imidazole rings is 1. The summed E-state index contributed by atoms with van der Waals surface area (Å²) < 4.78 is 27.8. The lowest BCUT2D eigenvalue weighted by molar-refractivity contribution is 0.0683. The van der Waals surface area contributed by atoms with Gasteiger partial charge in [0.2, 0.25) is 0 Å². The summed E-state index contributed by atoms with van der Waals surface area (Å²) in [4.78, 5) is 31.0. The minimum atomic E-state index is -3.84. The molecule has 3 aromatic rings. The van der Waals surface area contributed by atoms with Crippen LogP contribution in [0.3, 0.4) is 0 Å². The first-order chi connectivity index (χ1) is 13.8. The summed E-state index contributed by atoms with van der Waals surface area (Å²) in [5, 5.41) is 0. The third-order valence-electron chi connectivity index (χ3n) is 5.13. The number of anilines is 1. The summed E-state index contributed by atoms with van der Waals surface area (Å²) in [5.41, 5.74) is 1.44. The van der Waals surface area contributed by atoms with E-state index >= 15 is 0 Å². The van der Waals surface area contributed by atoms with Gasteiger partial charge in [0.25, 0.3) is 15.9 Å². The highest BCUT2D eigenvalue weighted by molar-refractivity contribution is 7.92. The van der Waals surface area contributed by atoms with E-state index in [-0.39, 0.29) is 10.8 Å². The number of rotatable bonds is 4. The van der Waals surface area contributed by atoms with Gasteiger partial charge in [0.05, 0.1) is 15.9 Å². The molecule has 0 radical (unpaired) electrons. The van der Waals surface area contributed by atoms with Gasteiger partial charge in [-0.05, 0) is 61.2 Å². The Kier molecular flexibility index (Phi) is 4.91. The predicted octanol–water partition coefficient (Wildman–Crippen LogP) is 2.53. The maximum Gasteiger partial charge on any atom is 0.323 e. The topological polar surface area (TPSA) is 115 Å². The van der Waals surface area contributed by atoms with Crippen molar-refractivity contribution in [2.75, 3.05) is 17.8 Å². The molecule has 1 aromatic heterocycles. The van der Waals surface area contributed by atoms with Crippen LogP contribution in [0.5, 0.6) is 0 Å². The number of H-pyrrole nitrogens is 2. The SMILES string of the molecule is C[C@@H]1CCCN(C(=O)c2ccc(NS(=O)(=O)c3ccc4[nH]c(=O)[nH]c4c3)cc2)C1. The molecule has 1 fully saturated rings. The molecule has 1 saturated heterocycles. The van der Waals surface area contributed by atoms with Crippen molar-refractivity contribution >= 4 is 32.7 Å². The van der Waals surface area contributed by atoms with E-state index < -0.39 is 15.7 Å². The van der Waals surface area contributed by atoms with Crippen molar-refractivity contribution in [1.29, 1.82) is 0 Å². The third kappa shape index (κ3) is 4.04. The molecule has 4 rings (SSSR count). The molecule has 152 valence electrons. The van der Waals surface area contributed by atoms with Crippen LogP contribution in [0.4, 0.5) is 5.69 Å². The number of sulfonamides is 1. The standard InChI is InChI=1S/C20H22N4O4S/c1-13-3-2-10-24(12-13)19(25)14-4-6-15(7-5-14)23-29(27,28)16-8-9-17-18(11-16)22-20(26)21-17/h4-9,11,13,23H,2-3,10,12H2,1H3,(H2,21,22,26)/t13-/m1/s1. The molecule has 1 amide bonds. The van der Waals surface area contributed by atoms with Gasteiger partial charge in [-0.3, -0.25) is 9.52 Å². The number of likely N-dealkylation sites (tertiary alicyclic amines) is 1. The van der Waals surface area contributed by atoms with Crippen LogP contribution in [0.2, 0.25) is 0 Å². The molecule has 0 saturated carbocycles. The molecule has 1 aliphatic rings. The second kappa shape index (κ2) is 7.40. The number of benzene rings is 2. The first kappa shape index (κ1) is 19.3. The number of piperidine rings is 1. The van der Waals surface area contributed by atoms with E-state index in [1.807, 2.05) is 4.90 Å². The molecule has 9 heteroatoms. The van der Waals surface area contributed by atoms with Crippen LogP contribution in [0.1, 0.15) is 30.1 Å². The lowest BCUT2D eigenvalue weighted by Crippen LogP contribution is -2.39. The Bertz CT molecular complexity index is 1210. The Balaban J connectivity index is 1.51. The van der Waals surface area contributed by atoms with Crippen molar-refractivity contribution in [3.05, 3.63) is 58.5 Å². The molecule has 2 heterocycles. The zero-order valence-electron chi connectivity index (χ0n) is 15.9. The number of aromatic nitrogens is 2. The normalized spacial score (nSPS) is 17.4. The summed E-state index contributed by atoms with van der Waals surface area (Å²) in [7, 11) is -3.84. The lowest BCUT2D eigenvalue weighted by Gasteiger charge is -2.31. The van der Waals surface area contributed by atoms with Gasteiger partial charge >= 0.3 is 5.69 Å². The zero-order valence-corrected chi connectivity index (χ0v) is 16.8. The van der Waals surface area contributed by atoms with E-state index in [0.717, 1.165) is 25.9 Å². The van der Waals surface area contributed by atoms with Gasteiger partial charge in [-0.2, -0.15) is 0 Å². The minimum Gasteiger partial charge on any atom is -0.338 e. The summed E-state index contributed by atoms with van der Waals surface area (Å²) >= 11 is 0. The first-order valence-electron chi connectivity index (χ1n) is 9.46. The molecule has 0 unspecified atom stereocenters.